The lowest BCUT2D eigenvalue weighted by molar-refractivity contribution is -0.136. The lowest BCUT2D eigenvalue weighted by Gasteiger charge is -2.39. The van der Waals surface area contributed by atoms with Gasteiger partial charge in [0.05, 0.1) is 17.5 Å². The van der Waals surface area contributed by atoms with Gasteiger partial charge in [0.1, 0.15) is 0 Å². The molecule has 2 atom stereocenters. The number of likely N-dealkylation sites (N-methyl/N-ethyl adjacent to an activating group) is 1. The van der Waals surface area contributed by atoms with Crippen molar-refractivity contribution in [2.75, 3.05) is 49.6 Å². The number of piperazine rings is 1. The number of hydrogen-bond acceptors (Lipinski definition) is 7. The number of nitrogens with zero attached hydrogens (tertiary/aromatic N) is 5. The van der Waals surface area contributed by atoms with E-state index in [2.05, 4.69) is 19.8 Å². The van der Waals surface area contributed by atoms with Crippen molar-refractivity contribution in [2.45, 2.75) is 25.4 Å². The van der Waals surface area contributed by atoms with Gasteiger partial charge < -0.3 is 9.80 Å². The van der Waals surface area contributed by atoms with E-state index in [4.69, 9.17) is 0 Å². The third-order valence-electron chi connectivity index (χ3n) is 5.16. The van der Waals surface area contributed by atoms with E-state index in [1.54, 1.807) is 30.4 Å². The molecule has 1 aromatic rings. The molecule has 2 unspecified atom stereocenters. The SMILES string of the molecule is CC(C(=O)N(C)C1CCS(=O)(=O)C1)N1CCN(c2ncccn2)CC1. The maximum atomic E-state index is 12.7. The van der Waals surface area contributed by atoms with Crippen LogP contribution in [0.2, 0.25) is 0 Å². The molecule has 0 aromatic carbocycles. The van der Waals surface area contributed by atoms with Crippen LogP contribution >= 0.6 is 0 Å². The Morgan fingerprint density at radius 2 is 1.88 bits per heavy atom. The summed E-state index contributed by atoms with van der Waals surface area (Å²) < 4.78 is 23.3. The molecule has 8 nitrogen and oxygen atoms in total. The second-order valence-electron chi connectivity index (χ2n) is 6.75. The molecule has 2 aliphatic heterocycles. The molecule has 2 aliphatic rings. The number of rotatable bonds is 4. The minimum atomic E-state index is -2.99. The molecule has 0 N–H and O–H groups in total. The fourth-order valence-corrected chi connectivity index (χ4v) is 5.25. The molecule has 3 rings (SSSR count). The summed E-state index contributed by atoms with van der Waals surface area (Å²) in [6.45, 7) is 4.94. The van der Waals surface area contributed by atoms with E-state index in [-0.39, 0.29) is 29.5 Å². The first-order chi connectivity index (χ1) is 11.9. The summed E-state index contributed by atoms with van der Waals surface area (Å²) in [6, 6.07) is 1.34. The summed E-state index contributed by atoms with van der Waals surface area (Å²) in [5, 5.41) is 0. The largest absolute Gasteiger partial charge is 0.340 e. The van der Waals surface area contributed by atoms with Gasteiger partial charge >= 0.3 is 0 Å². The fraction of sp³-hybridized carbons (Fsp3) is 0.688. The van der Waals surface area contributed by atoms with E-state index in [1.165, 1.54) is 0 Å². The summed E-state index contributed by atoms with van der Waals surface area (Å²) in [6.07, 6.45) is 3.99. The van der Waals surface area contributed by atoms with Crippen LogP contribution in [0.5, 0.6) is 0 Å². The van der Waals surface area contributed by atoms with Crippen LogP contribution in [0.15, 0.2) is 18.5 Å². The second-order valence-corrected chi connectivity index (χ2v) is 8.98. The number of carbonyl (C=O) groups is 1. The molecular weight excluding hydrogens is 342 g/mol. The zero-order valence-corrected chi connectivity index (χ0v) is 15.5. The van der Waals surface area contributed by atoms with E-state index in [1.807, 2.05) is 6.92 Å². The van der Waals surface area contributed by atoms with Crippen molar-refractivity contribution in [3.8, 4) is 0 Å². The molecule has 3 heterocycles. The summed E-state index contributed by atoms with van der Waals surface area (Å²) in [5.74, 6) is 0.974. The van der Waals surface area contributed by atoms with E-state index in [0.717, 1.165) is 32.1 Å². The van der Waals surface area contributed by atoms with E-state index in [0.29, 0.717) is 6.42 Å². The van der Waals surface area contributed by atoms with Gasteiger partial charge in [-0.3, -0.25) is 9.69 Å². The lowest BCUT2D eigenvalue weighted by Crippen LogP contribution is -2.55. The van der Waals surface area contributed by atoms with Crippen molar-refractivity contribution in [1.82, 2.24) is 19.8 Å². The molecular formula is C16H25N5O3S. The number of anilines is 1. The summed E-state index contributed by atoms with van der Waals surface area (Å²) >= 11 is 0. The highest BCUT2D eigenvalue weighted by Gasteiger charge is 2.36. The van der Waals surface area contributed by atoms with Gasteiger partial charge in [0.25, 0.3) is 0 Å². The van der Waals surface area contributed by atoms with Crippen molar-refractivity contribution < 1.29 is 13.2 Å². The molecule has 2 fully saturated rings. The van der Waals surface area contributed by atoms with Crippen molar-refractivity contribution in [3.63, 3.8) is 0 Å². The van der Waals surface area contributed by atoms with Crippen LogP contribution in [-0.2, 0) is 14.6 Å². The number of amides is 1. The molecule has 1 amide bonds. The molecule has 1 aromatic heterocycles. The minimum absolute atomic E-state index is 0.00786. The summed E-state index contributed by atoms with van der Waals surface area (Å²) in [4.78, 5) is 27.2. The predicted molar refractivity (Wildman–Crippen MR) is 95.1 cm³/mol. The highest BCUT2D eigenvalue weighted by Crippen LogP contribution is 2.19. The quantitative estimate of drug-likeness (QED) is 0.718. The first kappa shape index (κ1) is 18.1. The molecule has 0 radical (unpaired) electrons. The molecule has 2 saturated heterocycles. The minimum Gasteiger partial charge on any atom is -0.340 e. The Labute approximate surface area is 148 Å². The Bertz CT molecular complexity index is 704. The van der Waals surface area contributed by atoms with Crippen molar-refractivity contribution in [3.05, 3.63) is 18.5 Å². The molecule has 138 valence electrons. The van der Waals surface area contributed by atoms with Crippen LogP contribution in [0, 0.1) is 0 Å². The topological polar surface area (TPSA) is 86.7 Å². The van der Waals surface area contributed by atoms with Gasteiger partial charge in [-0.1, -0.05) is 0 Å². The highest BCUT2D eigenvalue weighted by molar-refractivity contribution is 7.91. The van der Waals surface area contributed by atoms with Gasteiger partial charge in [-0.05, 0) is 19.4 Å². The molecule has 9 heteroatoms. The third kappa shape index (κ3) is 4.09. The Morgan fingerprint density at radius 1 is 1.24 bits per heavy atom. The third-order valence-corrected chi connectivity index (χ3v) is 6.91. The Balaban J connectivity index is 1.55. The number of hydrogen-bond donors (Lipinski definition) is 0. The summed E-state index contributed by atoms with van der Waals surface area (Å²) in [5.41, 5.74) is 0. The van der Waals surface area contributed by atoms with Crippen LogP contribution in [0.3, 0.4) is 0 Å². The molecule has 0 saturated carbocycles. The van der Waals surface area contributed by atoms with Crippen LogP contribution < -0.4 is 4.90 Å². The van der Waals surface area contributed by atoms with Crippen LogP contribution in [0.25, 0.3) is 0 Å². The fourth-order valence-electron chi connectivity index (χ4n) is 3.48. The highest BCUT2D eigenvalue weighted by atomic mass is 32.2. The molecule has 25 heavy (non-hydrogen) atoms. The molecule has 0 bridgehead atoms. The lowest BCUT2D eigenvalue weighted by atomic mass is 10.1. The van der Waals surface area contributed by atoms with Gasteiger partial charge in [0, 0.05) is 51.7 Å². The van der Waals surface area contributed by atoms with Crippen molar-refractivity contribution in [2.24, 2.45) is 0 Å². The monoisotopic (exact) mass is 367 g/mol. The van der Waals surface area contributed by atoms with Gasteiger partial charge in [-0.25, -0.2) is 18.4 Å². The smallest absolute Gasteiger partial charge is 0.239 e. The molecule has 0 aliphatic carbocycles. The van der Waals surface area contributed by atoms with Crippen LogP contribution in [0.1, 0.15) is 13.3 Å². The first-order valence-electron chi connectivity index (χ1n) is 8.60. The van der Waals surface area contributed by atoms with E-state index >= 15 is 0 Å². The average molecular weight is 367 g/mol. The maximum Gasteiger partial charge on any atom is 0.239 e. The Morgan fingerprint density at radius 3 is 2.44 bits per heavy atom. The van der Waals surface area contributed by atoms with Gasteiger partial charge in [-0.15, -0.1) is 0 Å². The second kappa shape index (κ2) is 7.25. The van der Waals surface area contributed by atoms with Gasteiger partial charge in [0.2, 0.25) is 11.9 Å². The Hall–Kier alpha value is -1.74. The van der Waals surface area contributed by atoms with Crippen LogP contribution in [0.4, 0.5) is 5.95 Å². The zero-order valence-electron chi connectivity index (χ0n) is 14.7. The number of sulfone groups is 1. The normalized spacial score (nSPS) is 24.9. The average Bonchev–Trinajstić information content (AvgIpc) is 3.00. The number of aromatic nitrogens is 2. The first-order valence-corrected chi connectivity index (χ1v) is 10.4. The maximum absolute atomic E-state index is 12.7. The molecule has 0 spiro atoms. The van der Waals surface area contributed by atoms with Gasteiger partial charge in [0.15, 0.2) is 9.84 Å². The van der Waals surface area contributed by atoms with Gasteiger partial charge in [-0.2, -0.15) is 0 Å². The number of carbonyl (C=O) groups excluding carboxylic acids is 1. The Kier molecular flexibility index (Phi) is 5.24. The standard InChI is InChI=1S/C16H25N5O3S/c1-13(15(22)19(2)14-4-11-25(23,24)12-14)20-7-9-21(10-8-20)16-17-5-3-6-18-16/h3,5-6,13-14H,4,7-12H2,1-2H3. The van der Waals surface area contributed by atoms with Crippen molar-refractivity contribution in [1.29, 1.82) is 0 Å². The zero-order chi connectivity index (χ0) is 18.0. The summed E-state index contributed by atoms with van der Waals surface area (Å²) in [7, 11) is -1.27. The van der Waals surface area contributed by atoms with E-state index < -0.39 is 9.84 Å². The van der Waals surface area contributed by atoms with Crippen molar-refractivity contribution >= 4 is 21.7 Å². The van der Waals surface area contributed by atoms with E-state index in [9.17, 15) is 13.2 Å². The predicted octanol–water partition coefficient (Wildman–Crippen LogP) is -0.367. The van der Waals surface area contributed by atoms with Crippen LogP contribution in [-0.4, -0.2) is 90.9 Å².